The normalized spacial score (nSPS) is 20.0. The molecule has 0 aliphatic carbocycles. The third-order valence-electron chi connectivity index (χ3n) is 4.88. The van der Waals surface area contributed by atoms with Crippen molar-refractivity contribution in [3.63, 3.8) is 0 Å². The number of hydrogen-bond donors (Lipinski definition) is 1. The van der Waals surface area contributed by atoms with E-state index in [0.717, 1.165) is 18.5 Å². The van der Waals surface area contributed by atoms with Crippen LogP contribution >= 0.6 is 0 Å². The quantitative estimate of drug-likeness (QED) is 0.888. The van der Waals surface area contributed by atoms with Crippen LogP contribution in [0.4, 0.5) is 5.69 Å². The average Bonchev–Trinajstić information content (AvgIpc) is 3.22. The standard InChI is InChI=1S/C18H20N2O4S/c1-2-20-15-8-9-16(13-6-3-7-14(17(13)15)18(20)21)25(22,23)19-11-12-5-4-10-24-12/h3,6-9,12,19H,2,4-5,10-11H2,1H3/t12-/m1/s1. The van der Waals surface area contributed by atoms with Crippen LogP contribution in [-0.2, 0) is 14.8 Å². The maximum atomic E-state index is 12.8. The summed E-state index contributed by atoms with van der Waals surface area (Å²) >= 11 is 0. The van der Waals surface area contributed by atoms with Crippen molar-refractivity contribution in [1.29, 1.82) is 0 Å². The molecule has 1 fully saturated rings. The van der Waals surface area contributed by atoms with Crippen LogP contribution in [0.3, 0.4) is 0 Å². The van der Waals surface area contributed by atoms with E-state index in [9.17, 15) is 13.2 Å². The molecular weight excluding hydrogens is 340 g/mol. The maximum Gasteiger partial charge on any atom is 0.258 e. The van der Waals surface area contributed by atoms with Crippen LogP contribution in [0.25, 0.3) is 10.8 Å². The molecule has 0 radical (unpaired) electrons. The second-order valence-corrected chi connectivity index (χ2v) is 8.08. The van der Waals surface area contributed by atoms with Gasteiger partial charge in [0.1, 0.15) is 0 Å². The van der Waals surface area contributed by atoms with Gasteiger partial charge < -0.3 is 9.64 Å². The Hall–Kier alpha value is -1.96. The van der Waals surface area contributed by atoms with Gasteiger partial charge in [0.15, 0.2) is 0 Å². The van der Waals surface area contributed by atoms with E-state index in [1.165, 1.54) is 0 Å². The zero-order valence-corrected chi connectivity index (χ0v) is 14.8. The lowest BCUT2D eigenvalue weighted by molar-refractivity contribution is 0.0994. The van der Waals surface area contributed by atoms with Crippen molar-refractivity contribution in [2.45, 2.75) is 30.8 Å². The van der Waals surface area contributed by atoms with Crippen LogP contribution in [-0.4, -0.2) is 40.1 Å². The lowest BCUT2D eigenvalue weighted by Crippen LogP contribution is -2.32. The summed E-state index contributed by atoms with van der Waals surface area (Å²) in [5.41, 5.74) is 1.33. The maximum absolute atomic E-state index is 12.8. The second kappa shape index (κ2) is 6.09. The zero-order valence-electron chi connectivity index (χ0n) is 14.0. The molecule has 1 saturated heterocycles. The van der Waals surface area contributed by atoms with Gasteiger partial charge in [-0.3, -0.25) is 4.79 Å². The smallest absolute Gasteiger partial charge is 0.258 e. The first-order chi connectivity index (χ1) is 12.0. The molecule has 2 aromatic carbocycles. The summed E-state index contributed by atoms with van der Waals surface area (Å²) in [5, 5.41) is 1.30. The molecule has 132 valence electrons. The van der Waals surface area contributed by atoms with E-state index in [1.54, 1.807) is 35.2 Å². The summed E-state index contributed by atoms with van der Waals surface area (Å²) in [6, 6.07) is 8.55. The highest BCUT2D eigenvalue weighted by Gasteiger charge is 2.31. The minimum Gasteiger partial charge on any atom is -0.377 e. The number of ether oxygens (including phenoxy) is 1. The van der Waals surface area contributed by atoms with Crippen molar-refractivity contribution in [1.82, 2.24) is 4.72 Å². The number of nitrogens with one attached hydrogen (secondary N) is 1. The molecule has 0 unspecified atom stereocenters. The van der Waals surface area contributed by atoms with Gasteiger partial charge in [-0.15, -0.1) is 0 Å². The van der Waals surface area contributed by atoms with Gasteiger partial charge in [-0.05, 0) is 38.0 Å². The molecule has 4 rings (SSSR count). The number of nitrogens with zero attached hydrogens (tertiary/aromatic N) is 1. The van der Waals surface area contributed by atoms with Crippen LogP contribution in [0, 0.1) is 0 Å². The van der Waals surface area contributed by atoms with Gasteiger partial charge in [-0.25, -0.2) is 13.1 Å². The molecule has 0 spiro atoms. The summed E-state index contributed by atoms with van der Waals surface area (Å²) < 4.78 is 33.8. The van der Waals surface area contributed by atoms with E-state index < -0.39 is 10.0 Å². The molecular formula is C18H20N2O4S. The third kappa shape index (κ3) is 2.63. The van der Waals surface area contributed by atoms with E-state index in [-0.39, 0.29) is 23.5 Å². The lowest BCUT2D eigenvalue weighted by Gasteiger charge is -2.16. The van der Waals surface area contributed by atoms with Crippen LogP contribution < -0.4 is 9.62 Å². The van der Waals surface area contributed by atoms with Crippen LogP contribution in [0.5, 0.6) is 0 Å². The Morgan fingerprint density at radius 3 is 2.84 bits per heavy atom. The zero-order chi connectivity index (χ0) is 17.6. The Morgan fingerprint density at radius 1 is 1.28 bits per heavy atom. The van der Waals surface area contributed by atoms with E-state index in [0.29, 0.717) is 29.5 Å². The summed E-state index contributed by atoms with van der Waals surface area (Å²) in [5.74, 6) is -0.0787. The molecule has 25 heavy (non-hydrogen) atoms. The van der Waals surface area contributed by atoms with Gasteiger partial charge in [0.05, 0.1) is 16.7 Å². The van der Waals surface area contributed by atoms with E-state index >= 15 is 0 Å². The van der Waals surface area contributed by atoms with Gasteiger partial charge >= 0.3 is 0 Å². The molecule has 7 heteroatoms. The Labute approximate surface area is 146 Å². The molecule has 2 aliphatic rings. The molecule has 0 saturated carbocycles. The molecule has 2 heterocycles. The van der Waals surface area contributed by atoms with Crippen molar-refractivity contribution in [2.24, 2.45) is 0 Å². The Morgan fingerprint density at radius 2 is 2.12 bits per heavy atom. The predicted molar refractivity (Wildman–Crippen MR) is 95.5 cm³/mol. The topological polar surface area (TPSA) is 75.7 Å². The summed E-state index contributed by atoms with van der Waals surface area (Å²) in [4.78, 5) is 14.4. The first-order valence-electron chi connectivity index (χ1n) is 8.52. The Kier molecular flexibility index (Phi) is 4.02. The van der Waals surface area contributed by atoms with Gasteiger partial charge in [0.2, 0.25) is 10.0 Å². The number of carbonyl (C=O) groups is 1. The minimum absolute atomic E-state index is 0.0660. The van der Waals surface area contributed by atoms with Gasteiger partial charge in [0.25, 0.3) is 5.91 Å². The van der Waals surface area contributed by atoms with Gasteiger partial charge in [-0.1, -0.05) is 12.1 Å². The van der Waals surface area contributed by atoms with Crippen LogP contribution in [0.15, 0.2) is 35.2 Å². The second-order valence-electron chi connectivity index (χ2n) is 6.35. The Bertz CT molecular complexity index is 949. The highest BCUT2D eigenvalue weighted by atomic mass is 32.2. The number of benzene rings is 2. The summed E-state index contributed by atoms with van der Waals surface area (Å²) in [7, 11) is -3.68. The molecule has 2 aliphatic heterocycles. The van der Waals surface area contributed by atoms with E-state index in [2.05, 4.69) is 4.72 Å². The number of sulfonamides is 1. The SMILES string of the molecule is CCN1C(=O)c2cccc3c(S(=O)(=O)NC[C@H]4CCCO4)ccc1c23. The number of hydrogen-bond acceptors (Lipinski definition) is 4. The lowest BCUT2D eigenvalue weighted by atomic mass is 10.1. The number of anilines is 1. The van der Waals surface area contributed by atoms with Crippen LogP contribution in [0.2, 0.25) is 0 Å². The molecule has 0 aromatic heterocycles. The predicted octanol–water partition coefficient (Wildman–Crippen LogP) is 2.28. The van der Waals surface area contributed by atoms with Gasteiger partial charge in [-0.2, -0.15) is 0 Å². The highest BCUT2D eigenvalue weighted by Crippen LogP contribution is 2.39. The molecule has 0 bridgehead atoms. The first-order valence-corrected chi connectivity index (χ1v) is 10.00. The monoisotopic (exact) mass is 360 g/mol. The fraction of sp³-hybridized carbons (Fsp3) is 0.389. The fourth-order valence-corrected chi connectivity index (χ4v) is 4.92. The largest absolute Gasteiger partial charge is 0.377 e. The van der Waals surface area contributed by atoms with E-state index in [1.807, 2.05) is 6.92 Å². The van der Waals surface area contributed by atoms with Gasteiger partial charge in [0, 0.05) is 36.0 Å². The molecule has 1 amide bonds. The van der Waals surface area contributed by atoms with Crippen molar-refractivity contribution in [2.75, 3.05) is 24.6 Å². The molecule has 1 N–H and O–H groups in total. The van der Waals surface area contributed by atoms with Crippen molar-refractivity contribution in [3.05, 3.63) is 35.9 Å². The highest BCUT2D eigenvalue weighted by molar-refractivity contribution is 7.89. The fourth-order valence-electron chi connectivity index (χ4n) is 3.65. The van der Waals surface area contributed by atoms with E-state index in [4.69, 9.17) is 4.74 Å². The molecule has 2 aromatic rings. The van der Waals surface area contributed by atoms with Crippen molar-refractivity contribution < 1.29 is 17.9 Å². The van der Waals surface area contributed by atoms with Crippen molar-refractivity contribution in [3.8, 4) is 0 Å². The number of carbonyl (C=O) groups excluding carboxylic acids is 1. The summed E-state index contributed by atoms with van der Waals surface area (Å²) in [6.07, 6.45) is 1.76. The Balaban J connectivity index is 1.76. The van der Waals surface area contributed by atoms with Crippen molar-refractivity contribution >= 4 is 32.4 Å². The van der Waals surface area contributed by atoms with Crippen LogP contribution in [0.1, 0.15) is 30.1 Å². The number of amides is 1. The molecule has 6 nitrogen and oxygen atoms in total. The number of rotatable bonds is 5. The average molecular weight is 360 g/mol. The third-order valence-corrected chi connectivity index (χ3v) is 6.36. The first kappa shape index (κ1) is 16.5. The molecule has 1 atom stereocenters. The summed E-state index contributed by atoms with van der Waals surface area (Å²) in [6.45, 7) is 3.41. The minimum atomic E-state index is -3.68.